The van der Waals surface area contributed by atoms with Crippen LogP contribution in [0.25, 0.3) is 5.00 Å². The summed E-state index contributed by atoms with van der Waals surface area (Å²) in [5.41, 5.74) is 5.34. The fourth-order valence-corrected chi connectivity index (χ4v) is 4.89. The Hall–Kier alpha value is -2.72. The molecular formula is C18H18N6S. The van der Waals surface area contributed by atoms with Gasteiger partial charge in [0.2, 0.25) is 0 Å². The summed E-state index contributed by atoms with van der Waals surface area (Å²) in [7, 11) is 0. The van der Waals surface area contributed by atoms with E-state index in [2.05, 4.69) is 45.8 Å². The molecule has 3 heterocycles. The molecule has 6 nitrogen and oxygen atoms in total. The Morgan fingerprint density at radius 2 is 2.00 bits per heavy atom. The number of rotatable bonds is 3. The molecule has 25 heavy (non-hydrogen) atoms. The van der Waals surface area contributed by atoms with E-state index in [1.165, 1.54) is 23.3 Å². The van der Waals surface area contributed by atoms with Gasteiger partial charge in [-0.25, -0.2) is 4.68 Å². The third-order valence-corrected chi connectivity index (χ3v) is 5.95. The molecule has 0 unspecified atom stereocenters. The molecule has 7 heteroatoms. The number of hydrogen-bond donors (Lipinski definition) is 0. The smallest absolute Gasteiger partial charge is 0.141 e. The molecule has 0 aliphatic heterocycles. The first-order chi connectivity index (χ1) is 12.2. The van der Waals surface area contributed by atoms with Crippen LogP contribution >= 0.6 is 11.3 Å². The molecular weight excluding hydrogens is 332 g/mol. The lowest BCUT2D eigenvalue weighted by Gasteiger charge is -2.10. The van der Waals surface area contributed by atoms with Gasteiger partial charge in [0.05, 0.1) is 11.8 Å². The van der Waals surface area contributed by atoms with Gasteiger partial charge in [-0.2, -0.15) is 10.4 Å². The van der Waals surface area contributed by atoms with Crippen molar-refractivity contribution < 1.29 is 0 Å². The van der Waals surface area contributed by atoms with Crippen molar-refractivity contribution in [2.75, 3.05) is 0 Å². The predicted molar refractivity (Wildman–Crippen MR) is 97.5 cm³/mol. The van der Waals surface area contributed by atoms with Gasteiger partial charge in [0.25, 0.3) is 0 Å². The lowest BCUT2D eigenvalue weighted by atomic mass is 9.96. The number of thiophene rings is 1. The molecule has 0 amide bonds. The van der Waals surface area contributed by atoms with Crippen molar-refractivity contribution in [3.05, 3.63) is 51.7 Å². The predicted octanol–water partition coefficient (Wildman–Crippen LogP) is 3.38. The lowest BCUT2D eigenvalue weighted by molar-refractivity contribution is 0.695. The molecule has 0 saturated carbocycles. The summed E-state index contributed by atoms with van der Waals surface area (Å²) in [6.45, 7) is 4.14. The van der Waals surface area contributed by atoms with Gasteiger partial charge in [-0.3, -0.25) is 0 Å². The molecule has 0 fully saturated rings. The second-order valence-corrected chi connectivity index (χ2v) is 7.33. The van der Waals surface area contributed by atoms with E-state index in [0.29, 0.717) is 0 Å². The van der Waals surface area contributed by atoms with Crippen LogP contribution in [-0.2, 0) is 12.8 Å². The van der Waals surface area contributed by atoms with E-state index in [1.54, 1.807) is 28.7 Å². The number of nitriles is 1. The summed E-state index contributed by atoms with van der Waals surface area (Å²) >= 11 is 1.77. The number of hydrogen-bond acceptors (Lipinski definition) is 5. The van der Waals surface area contributed by atoms with Gasteiger partial charge in [0.15, 0.2) is 0 Å². The SMILES string of the molecule is Cc1cc(/C=N\n2cnnc2)c(C)n1-c1sc2c(c1C#N)CCCC2. The third-order valence-electron chi connectivity index (χ3n) is 4.67. The Morgan fingerprint density at radius 3 is 2.76 bits per heavy atom. The van der Waals surface area contributed by atoms with Crippen LogP contribution in [0.1, 0.15) is 45.8 Å². The van der Waals surface area contributed by atoms with Crippen molar-refractivity contribution in [1.29, 1.82) is 5.26 Å². The van der Waals surface area contributed by atoms with Gasteiger partial charge in [-0.15, -0.1) is 21.5 Å². The second kappa shape index (κ2) is 6.30. The van der Waals surface area contributed by atoms with Crippen LogP contribution in [0.15, 0.2) is 23.8 Å². The molecule has 0 N–H and O–H groups in total. The Balaban J connectivity index is 1.79. The first-order valence-corrected chi connectivity index (χ1v) is 9.13. The molecule has 0 bridgehead atoms. The van der Waals surface area contributed by atoms with Crippen LogP contribution in [0.4, 0.5) is 0 Å². The molecule has 1 aliphatic rings. The van der Waals surface area contributed by atoms with E-state index in [4.69, 9.17) is 0 Å². The van der Waals surface area contributed by atoms with E-state index in [-0.39, 0.29) is 0 Å². The molecule has 0 atom stereocenters. The zero-order valence-electron chi connectivity index (χ0n) is 14.2. The zero-order chi connectivity index (χ0) is 17.4. The van der Waals surface area contributed by atoms with Crippen molar-refractivity contribution in [3.63, 3.8) is 0 Å². The topological polar surface area (TPSA) is 71.8 Å². The molecule has 3 aromatic rings. The molecule has 3 aromatic heterocycles. The van der Waals surface area contributed by atoms with Crippen molar-refractivity contribution in [2.24, 2.45) is 5.10 Å². The van der Waals surface area contributed by atoms with Crippen molar-refractivity contribution in [3.8, 4) is 11.1 Å². The van der Waals surface area contributed by atoms with E-state index in [9.17, 15) is 5.26 Å². The maximum Gasteiger partial charge on any atom is 0.141 e. The van der Waals surface area contributed by atoms with Crippen LogP contribution in [-0.4, -0.2) is 25.7 Å². The van der Waals surface area contributed by atoms with Crippen LogP contribution in [0, 0.1) is 25.2 Å². The zero-order valence-corrected chi connectivity index (χ0v) is 15.0. The third kappa shape index (κ3) is 2.68. The van der Waals surface area contributed by atoms with Gasteiger partial charge < -0.3 is 4.57 Å². The lowest BCUT2D eigenvalue weighted by Crippen LogP contribution is -2.02. The van der Waals surface area contributed by atoms with E-state index in [1.807, 2.05) is 6.21 Å². The van der Waals surface area contributed by atoms with Crippen LogP contribution < -0.4 is 0 Å². The average molecular weight is 350 g/mol. The minimum Gasteiger partial charge on any atom is -0.308 e. The molecule has 0 radical (unpaired) electrons. The Morgan fingerprint density at radius 1 is 1.24 bits per heavy atom. The first-order valence-electron chi connectivity index (χ1n) is 8.32. The first kappa shape index (κ1) is 15.8. The summed E-state index contributed by atoms with van der Waals surface area (Å²) < 4.78 is 3.76. The van der Waals surface area contributed by atoms with E-state index in [0.717, 1.165) is 40.4 Å². The number of aryl methyl sites for hydroxylation is 2. The average Bonchev–Trinajstić information content (AvgIpc) is 3.31. The number of nitrogens with zero attached hydrogens (tertiary/aromatic N) is 6. The van der Waals surface area contributed by atoms with Crippen LogP contribution in [0.5, 0.6) is 0 Å². The molecule has 126 valence electrons. The summed E-state index contributed by atoms with van der Waals surface area (Å²) in [6, 6.07) is 4.56. The quantitative estimate of drug-likeness (QED) is 0.680. The van der Waals surface area contributed by atoms with Gasteiger partial charge >= 0.3 is 0 Å². The highest BCUT2D eigenvalue weighted by atomic mass is 32.1. The number of aromatic nitrogens is 4. The Bertz CT molecular complexity index is 984. The molecule has 0 saturated heterocycles. The number of fused-ring (bicyclic) bond motifs is 1. The molecule has 1 aliphatic carbocycles. The van der Waals surface area contributed by atoms with E-state index < -0.39 is 0 Å². The normalized spacial score (nSPS) is 14.0. The fraction of sp³-hybridized carbons (Fsp3) is 0.333. The minimum absolute atomic E-state index is 0.851. The van der Waals surface area contributed by atoms with E-state index >= 15 is 0 Å². The maximum atomic E-state index is 9.74. The van der Waals surface area contributed by atoms with Gasteiger partial charge in [0, 0.05) is 21.8 Å². The second-order valence-electron chi connectivity index (χ2n) is 6.25. The summed E-state index contributed by atoms with van der Waals surface area (Å²) in [6.07, 6.45) is 9.43. The van der Waals surface area contributed by atoms with Gasteiger partial charge in [-0.1, -0.05) is 0 Å². The monoisotopic (exact) mass is 350 g/mol. The molecule has 4 rings (SSSR count). The van der Waals surface area contributed by atoms with Crippen LogP contribution in [0.2, 0.25) is 0 Å². The van der Waals surface area contributed by atoms with Crippen molar-refractivity contribution in [1.82, 2.24) is 19.4 Å². The minimum atomic E-state index is 0.851. The largest absolute Gasteiger partial charge is 0.308 e. The molecule has 0 aromatic carbocycles. The fourth-order valence-electron chi connectivity index (χ4n) is 3.44. The highest BCUT2D eigenvalue weighted by Crippen LogP contribution is 2.38. The Labute approximate surface area is 150 Å². The highest BCUT2D eigenvalue weighted by Gasteiger charge is 2.23. The van der Waals surface area contributed by atoms with Crippen molar-refractivity contribution in [2.45, 2.75) is 39.5 Å². The van der Waals surface area contributed by atoms with Gasteiger partial charge in [0.1, 0.15) is 23.7 Å². The van der Waals surface area contributed by atoms with Crippen molar-refractivity contribution >= 4 is 17.6 Å². The summed E-state index contributed by atoms with van der Waals surface area (Å²) in [5, 5.41) is 22.6. The summed E-state index contributed by atoms with van der Waals surface area (Å²) in [4.78, 5) is 1.38. The Kier molecular flexibility index (Phi) is 3.98. The van der Waals surface area contributed by atoms with Gasteiger partial charge in [-0.05, 0) is 51.2 Å². The molecule has 0 spiro atoms. The van der Waals surface area contributed by atoms with Crippen LogP contribution in [0.3, 0.4) is 0 Å². The highest BCUT2D eigenvalue weighted by molar-refractivity contribution is 7.15. The standard InChI is InChI=1S/C18H18N6S/c1-12-7-14(9-22-23-10-20-21-11-23)13(2)24(12)18-16(8-19)15-5-3-4-6-17(15)25-18/h7,9-11H,3-6H2,1-2H3/b22-9-. The summed E-state index contributed by atoms with van der Waals surface area (Å²) in [5.74, 6) is 0. The maximum absolute atomic E-state index is 9.74.